The van der Waals surface area contributed by atoms with Gasteiger partial charge in [0, 0.05) is 37.5 Å². The van der Waals surface area contributed by atoms with Gasteiger partial charge in [0.1, 0.15) is 11.6 Å². The second-order valence-electron chi connectivity index (χ2n) is 4.05. The minimum Gasteiger partial charge on any atom is -0.507 e. The normalized spacial score (nSPS) is 10.6. The number of para-hydroxylation sites is 1. The topological polar surface area (TPSA) is 60.9 Å². The van der Waals surface area contributed by atoms with Gasteiger partial charge in [0.25, 0.3) is 0 Å². The first-order valence-corrected chi connectivity index (χ1v) is 5.74. The molecule has 0 atom stereocenters. The highest BCUT2D eigenvalue weighted by Crippen LogP contribution is 2.20. The van der Waals surface area contributed by atoms with Crippen molar-refractivity contribution < 1.29 is 5.11 Å². The Morgan fingerprint density at radius 1 is 1.41 bits per heavy atom. The average Bonchev–Trinajstić information content (AvgIpc) is 2.83. The summed E-state index contributed by atoms with van der Waals surface area (Å²) >= 11 is 0. The zero-order valence-electron chi connectivity index (χ0n) is 9.90. The fourth-order valence-electron chi connectivity index (χ4n) is 1.73. The number of aromatic nitrogens is 2. The summed E-state index contributed by atoms with van der Waals surface area (Å²) in [5, 5.41) is 13.1. The molecule has 0 fully saturated rings. The number of benzene rings is 1. The van der Waals surface area contributed by atoms with E-state index in [1.165, 1.54) is 0 Å². The number of hydrogen-bond acceptors (Lipinski definition) is 3. The first-order chi connectivity index (χ1) is 8.27. The number of phenolic OH excluding ortho intramolecular Hbond substituents is 1. The van der Waals surface area contributed by atoms with Gasteiger partial charge in [-0.2, -0.15) is 0 Å². The average molecular weight is 231 g/mol. The van der Waals surface area contributed by atoms with E-state index in [0.29, 0.717) is 12.3 Å². The van der Waals surface area contributed by atoms with Crippen molar-refractivity contribution in [2.45, 2.75) is 19.9 Å². The zero-order valence-corrected chi connectivity index (χ0v) is 9.90. The molecule has 2 aromatic rings. The van der Waals surface area contributed by atoms with Crippen LogP contribution in [0.4, 0.5) is 0 Å². The number of rotatable bonds is 5. The molecule has 0 unspecified atom stereocenters. The molecule has 0 bridgehead atoms. The molecule has 2 rings (SSSR count). The minimum atomic E-state index is 0.387. The van der Waals surface area contributed by atoms with Crippen LogP contribution < -0.4 is 5.32 Å². The van der Waals surface area contributed by atoms with Gasteiger partial charge in [-0.3, -0.25) is 0 Å². The summed E-state index contributed by atoms with van der Waals surface area (Å²) in [6, 6.07) is 5.79. The minimum absolute atomic E-state index is 0.387. The molecule has 17 heavy (non-hydrogen) atoms. The Labute approximate surface area is 101 Å². The van der Waals surface area contributed by atoms with Crippen molar-refractivity contribution in [2.75, 3.05) is 6.54 Å². The number of phenols is 1. The molecule has 3 N–H and O–H groups in total. The van der Waals surface area contributed by atoms with Crippen molar-refractivity contribution in [3.8, 4) is 5.75 Å². The molecule has 0 saturated heterocycles. The summed E-state index contributed by atoms with van der Waals surface area (Å²) in [4.78, 5) is 7.20. The predicted octanol–water partition coefficient (Wildman–Crippen LogP) is 1.76. The van der Waals surface area contributed by atoms with Crippen molar-refractivity contribution in [3.63, 3.8) is 0 Å². The summed E-state index contributed by atoms with van der Waals surface area (Å²) in [6.45, 7) is 3.41. The van der Waals surface area contributed by atoms with Crippen LogP contribution >= 0.6 is 0 Å². The highest BCUT2D eigenvalue weighted by molar-refractivity contribution is 5.39. The molecule has 90 valence electrons. The molecule has 0 aliphatic rings. The van der Waals surface area contributed by atoms with Crippen molar-refractivity contribution in [2.24, 2.45) is 0 Å². The third-order valence-electron chi connectivity index (χ3n) is 2.73. The first-order valence-electron chi connectivity index (χ1n) is 5.74. The standard InChI is InChI=1S/C13H17N3O/c1-10-3-2-4-11(13(10)17)9-14-6-5-12-15-7-8-16-12/h2-4,7-8,14,17H,5-6,9H2,1H3,(H,15,16). The summed E-state index contributed by atoms with van der Waals surface area (Å²) in [7, 11) is 0. The van der Waals surface area contributed by atoms with Crippen molar-refractivity contribution >= 4 is 0 Å². The van der Waals surface area contributed by atoms with Gasteiger partial charge in [-0.15, -0.1) is 0 Å². The smallest absolute Gasteiger partial charge is 0.122 e. The Balaban J connectivity index is 1.80. The lowest BCUT2D eigenvalue weighted by Crippen LogP contribution is -2.17. The van der Waals surface area contributed by atoms with Gasteiger partial charge in [0.05, 0.1) is 0 Å². The molecular weight excluding hydrogens is 214 g/mol. The van der Waals surface area contributed by atoms with Crippen LogP contribution in [-0.4, -0.2) is 21.6 Å². The van der Waals surface area contributed by atoms with Crippen LogP contribution in [0, 0.1) is 6.92 Å². The molecule has 0 aliphatic carbocycles. The summed E-state index contributed by atoms with van der Waals surface area (Å²) in [6.07, 6.45) is 4.43. The third kappa shape index (κ3) is 3.07. The fraction of sp³-hybridized carbons (Fsp3) is 0.308. The molecule has 1 aromatic heterocycles. The largest absolute Gasteiger partial charge is 0.507 e. The zero-order chi connectivity index (χ0) is 12.1. The second-order valence-corrected chi connectivity index (χ2v) is 4.05. The molecule has 4 heteroatoms. The molecule has 1 heterocycles. The van der Waals surface area contributed by atoms with Gasteiger partial charge in [0.2, 0.25) is 0 Å². The van der Waals surface area contributed by atoms with Gasteiger partial charge in [-0.05, 0) is 12.5 Å². The lowest BCUT2D eigenvalue weighted by Gasteiger charge is -2.07. The van der Waals surface area contributed by atoms with Crippen molar-refractivity contribution in [3.05, 3.63) is 47.5 Å². The third-order valence-corrected chi connectivity index (χ3v) is 2.73. The van der Waals surface area contributed by atoms with Crippen LogP contribution in [0.5, 0.6) is 5.75 Å². The Bertz CT molecular complexity index is 466. The number of aromatic hydroxyl groups is 1. The van der Waals surface area contributed by atoms with E-state index in [1.54, 1.807) is 6.20 Å². The van der Waals surface area contributed by atoms with Crippen molar-refractivity contribution in [1.29, 1.82) is 0 Å². The van der Waals surface area contributed by atoms with E-state index in [4.69, 9.17) is 0 Å². The maximum Gasteiger partial charge on any atom is 0.122 e. The Kier molecular flexibility index (Phi) is 3.77. The number of aromatic amines is 1. The second kappa shape index (κ2) is 5.50. The van der Waals surface area contributed by atoms with E-state index in [0.717, 1.165) is 29.9 Å². The highest BCUT2D eigenvalue weighted by atomic mass is 16.3. The van der Waals surface area contributed by atoms with Gasteiger partial charge >= 0.3 is 0 Å². The van der Waals surface area contributed by atoms with Gasteiger partial charge in [-0.1, -0.05) is 18.2 Å². The number of aryl methyl sites for hydroxylation is 1. The molecule has 0 spiro atoms. The van der Waals surface area contributed by atoms with Crippen molar-refractivity contribution in [1.82, 2.24) is 15.3 Å². The Hall–Kier alpha value is -1.81. The number of H-pyrrole nitrogens is 1. The predicted molar refractivity (Wildman–Crippen MR) is 66.8 cm³/mol. The van der Waals surface area contributed by atoms with Gasteiger partial charge in [-0.25, -0.2) is 4.98 Å². The fourth-order valence-corrected chi connectivity index (χ4v) is 1.73. The summed E-state index contributed by atoms with van der Waals surface area (Å²) < 4.78 is 0. The number of imidazole rings is 1. The Morgan fingerprint density at radius 3 is 3.06 bits per heavy atom. The van der Waals surface area contributed by atoms with E-state index < -0.39 is 0 Å². The van der Waals surface area contributed by atoms with Crippen LogP contribution in [0.3, 0.4) is 0 Å². The monoisotopic (exact) mass is 231 g/mol. The SMILES string of the molecule is Cc1cccc(CNCCc2ncc[nH]2)c1O. The summed E-state index contributed by atoms with van der Waals surface area (Å²) in [5.74, 6) is 1.36. The maximum absolute atomic E-state index is 9.82. The van der Waals surface area contributed by atoms with Gasteiger partial charge < -0.3 is 15.4 Å². The first kappa shape index (κ1) is 11.7. The molecule has 0 aliphatic heterocycles. The maximum atomic E-state index is 9.82. The van der Waals surface area contributed by atoms with Crippen LogP contribution in [-0.2, 0) is 13.0 Å². The van der Waals surface area contributed by atoms with Crippen LogP contribution in [0.25, 0.3) is 0 Å². The number of nitrogens with one attached hydrogen (secondary N) is 2. The molecule has 0 saturated carbocycles. The number of nitrogens with zero attached hydrogens (tertiary/aromatic N) is 1. The van der Waals surface area contributed by atoms with E-state index in [1.807, 2.05) is 31.3 Å². The van der Waals surface area contributed by atoms with E-state index >= 15 is 0 Å². The molecule has 4 nitrogen and oxygen atoms in total. The summed E-state index contributed by atoms with van der Waals surface area (Å²) in [5.41, 5.74) is 1.85. The molecule has 0 radical (unpaired) electrons. The lowest BCUT2D eigenvalue weighted by atomic mass is 10.1. The van der Waals surface area contributed by atoms with E-state index in [9.17, 15) is 5.11 Å². The molecular formula is C13H17N3O. The number of hydrogen-bond donors (Lipinski definition) is 3. The molecule has 0 amide bonds. The highest BCUT2D eigenvalue weighted by Gasteiger charge is 2.02. The molecule has 1 aromatic carbocycles. The van der Waals surface area contributed by atoms with Crippen LogP contribution in [0.2, 0.25) is 0 Å². The van der Waals surface area contributed by atoms with E-state index in [-0.39, 0.29) is 0 Å². The van der Waals surface area contributed by atoms with E-state index in [2.05, 4.69) is 15.3 Å². The van der Waals surface area contributed by atoms with Crippen LogP contribution in [0.1, 0.15) is 17.0 Å². The van der Waals surface area contributed by atoms with Gasteiger partial charge in [0.15, 0.2) is 0 Å². The quantitative estimate of drug-likeness (QED) is 0.687. The Morgan fingerprint density at radius 2 is 2.29 bits per heavy atom. The van der Waals surface area contributed by atoms with Crippen LogP contribution in [0.15, 0.2) is 30.6 Å². The lowest BCUT2D eigenvalue weighted by molar-refractivity contribution is 0.460.